The molecule has 0 saturated heterocycles. The van der Waals surface area contributed by atoms with Gasteiger partial charge in [0, 0.05) is 13.2 Å². The number of hydrogen-bond donors (Lipinski definition) is 0. The van der Waals surface area contributed by atoms with Gasteiger partial charge in [-0.05, 0) is 25.7 Å². The van der Waals surface area contributed by atoms with Crippen LogP contribution in [0.4, 0.5) is 0 Å². The van der Waals surface area contributed by atoms with Gasteiger partial charge in [-0.15, -0.1) is 0 Å². The first-order chi connectivity index (χ1) is 8.91. The number of hydrogen-bond acceptors (Lipinski definition) is 1. The van der Waals surface area contributed by atoms with Crippen molar-refractivity contribution >= 4 is 0 Å². The van der Waals surface area contributed by atoms with Gasteiger partial charge in [0.05, 0.1) is 0 Å². The van der Waals surface area contributed by atoms with Crippen molar-refractivity contribution in [3.63, 3.8) is 0 Å². The molecule has 0 saturated carbocycles. The SMILES string of the molecule is CC/C=C\CCCOCCCCCCCCCC. The molecule has 0 aliphatic heterocycles. The predicted molar refractivity (Wildman–Crippen MR) is 82.1 cm³/mol. The second-order valence-electron chi connectivity index (χ2n) is 5.11. The van der Waals surface area contributed by atoms with Gasteiger partial charge >= 0.3 is 0 Å². The predicted octanol–water partition coefficient (Wildman–Crippen LogP) is 5.89. The smallest absolute Gasteiger partial charge is 0.0468 e. The third-order valence-corrected chi connectivity index (χ3v) is 3.20. The first-order valence-electron chi connectivity index (χ1n) is 8.14. The summed E-state index contributed by atoms with van der Waals surface area (Å²) >= 11 is 0. The van der Waals surface area contributed by atoms with Crippen molar-refractivity contribution in [1.82, 2.24) is 0 Å². The van der Waals surface area contributed by atoms with E-state index in [0.717, 1.165) is 19.6 Å². The maximum Gasteiger partial charge on any atom is 0.0468 e. The van der Waals surface area contributed by atoms with Crippen LogP contribution < -0.4 is 0 Å². The molecule has 0 aromatic carbocycles. The minimum absolute atomic E-state index is 0.935. The molecule has 0 rings (SSSR count). The molecule has 0 aromatic heterocycles. The van der Waals surface area contributed by atoms with Crippen LogP contribution in [0.2, 0.25) is 0 Å². The van der Waals surface area contributed by atoms with E-state index in [1.807, 2.05) is 0 Å². The van der Waals surface area contributed by atoms with E-state index in [1.54, 1.807) is 0 Å². The number of rotatable bonds is 14. The lowest BCUT2D eigenvalue weighted by molar-refractivity contribution is 0.128. The Bertz CT molecular complexity index is 163. The van der Waals surface area contributed by atoms with Crippen molar-refractivity contribution in [2.75, 3.05) is 13.2 Å². The molecular weight excluding hydrogens is 220 g/mol. The Labute approximate surface area is 115 Å². The standard InChI is InChI=1S/C17H34O/c1-3-5-7-9-10-11-13-15-17-18-16-14-12-8-6-4-2/h6,8H,3-5,7,9-17H2,1-2H3/b8-6-. The normalized spacial score (nSPS) is 11.4. The van der Waals surface area contributed by atoms with Crippen LogP contribution in [0.1, 0.15) is 84.5 Å². The third kappa shape index (κ3) is 15.7. The topological polar surface area (TPSA) is 9.23 Å². The third-order valence-electron chi connectivity index (χ3n) is 3.20. The van der Waals surface area contributed by atoms with Crippen LogP contribution in [0.25, 0.3) is 0 Å². The molecular formula is C17H34O. The van der Waals surface area contributed by atoms with E-state index in [-0.39, 0.29) is 0 Å². The Kier molecular flexibility index (Phi) is 16.4. The molecule has 0 aliphatic rings. The van der Waals surface area contributed by atoms with Crippen molar-refractivity contribution in [1.29, 1.82) is 0 Å². The van der Waals surface area contributed by atoms with Crippen LogP contribution >= 0.6 is 0 Å². The Balaban J connectivity index is 2.92. The maximum absolute atomic E-state index is 5.63. The van der Waals surface area contributed by atoms with E-state index in [9.17, 15) is 0 Å². The minimum atomic E-state index is 0.935. The van der Waals surface area contributed by atoms with E-state index < -0.39 is 0 Å². The number of unbranched alkanes of at least 4 members (excludes halogenated alkanes) is 8. The summed E-state index contributed by atoms with van der Waals surface area (Å²) in [6, 6.07) is 0. The van der Waals surface area contributed by atoms with Crippen LogP contribution in [0.5, 0.6) is 0 Å². The zero-order valence-corrected chi connectivity index (χ0v) is 12.8. The van der Waals surface area contributed by atoms with E-state index in [2.05, 4.69) is 26.0 Å². The zero-order valence-electron chi connectivity index (χ0n) is 12.8. The molecule has 0 fully saturated rings. The van der Waals surface area contributed by atoms with Gasteiger partial charge in [0.15, 0.2) is 0 Å². The molecule has 0 heterocycles. The van der Waals surface area contributed by atoms with Crippen molar-refractivity contribution in [3.8, 4) is 0 Å². The van der Waals surface area contributed by atoms with Gasteiger partial charge in [-0.1, -0.05) is 70.9 Å². The van der Waals surface area contributed by atoms with Crippen LogP contribution in [-0.2, 0) is 4.74 Å². The zero-order chi connectivity index (χ0) is 13.3. The second-order valence-corrected chi connectivity index (χ2v) is 5.11. The number of ether oxygens (including phenoxy) is 1. The monoisotopic (exact) mass is 254 g/mol. The first-order valence-corrected chi connectivity index (χ1v) is 8.14. The molecule has 0 amide bonds. The van der Waals surface area contributed by atoms with Crippen LogP contribution in [-0.4, -0.2) is 13.2 Å². The summed E-state index contributed by atoms with van der Waals surface area (Å²) in [6.07, 6.45) is 19.0. The molecule has 1 nitrogen and oxygen atoms in total. The fourth-order valence-electron chi connectivity index (χ4n) is 2.03. The molecule has 0 radical (unpaired) electrons. The molecule has 0 aliphatic carbocycles. The fourth-order valence-corrected chi connectivity index (χ4v) is 2.03. The molecule has 0 aromatic rings. The summed E-state index contributed by atoms with van der Waals surface area (Å²) < 4.78 is 5.63. The van der Waals surface area contributed by atoms with Gasteiger partial charge in [-0.25, -0.2) is 0 Å². The van der Waals surface area contributed by atoms with E-state index in [4.69, 9.17) is 4.74 Å². The lowest BCUT2D eigenvalue weighted by Gasteiger charge is -2.03. The average Bonchev–Trinajstić information content (AvgIpc) is 2.39. The Morgan fingerprint density at radius 2 is 1.28 bits per heavy atom. The molecule has 1 heteroatoms. The molecule has 0 spiro atoms. The van der Waals surface area contributed by atoms with Crippen molar-refractivity contribution in [3.05, 3.63) is 12.2 Å². The first kappa shape index (κ1) is 17.7. The largest absolute Gasteiger partial charge is 0.381 e. The number of allylic oxidation sites excluding steroid dienone is 2. The molecule has 0 bridgehead atoms. The highest BCUT2D eigenvalue weighted by atomic mass is 16.5. The molecule has 0 unspecified atom stereocenters. The summed E-state index contributed by atoms with van der Waals surface area (Å²) in [5.74, 6) is 0. The fraction of sp³-hybridized carbons (Fsp3) is 0.882. The maximum atomic E-state index is 5.63. The highest BCUT2D eigenvalue weighted by Crippen LogP contribution is 2.08. The quantitative estimate of drug-likeness (QED) is 0.277. The van der Waals surface area contributed by atoms with E-state index in [0.29, 0.717) is 0 Å². The molecule has 0 N–H and O–H groups in total. The molecule has 18 heavy (non-hydrogen) atoms. The van der Waals surface area contributed by atoms with E-state index >= 15 is 0 Å². The lowest BCUT2D eigenvalue weighted by Crippen LogP contribution is -1.96. The van der Waals surface area contributed by atoms with Crippen LogP contribution in [0.3, 0.4) is 0 Å². The van der Waals surface area contributed by atoms with Gasteiger partial charge in [0.25, 0.3) is 0 Å². The van der Waals surface area contributed by atoms with Gasteiger partial charge in [0.2, 0.25) is 0 Å². The summed E-state index contributed by atoms with van der Waals surface area (Å²) in [6.45, 7) is 6.35. The summed E-state index contributed by atoms with van der Waals surface area (Å²) in [7, 11) is 0. The van der Waals surface area contributed by atoms with Crippen molar-refractivity contribution < 1.29 is 4.74 Å². The Morgan fingerprint density at radius 1 is 0.667 bits per heavy atom. The van der Waals surface area contributed by atoms with E-state index in [1.165, 1.54) is 64.2 Å². The summed E-state index contributed by atoms with van der Waals surface area (Å²) in [4.78, 5) is 0. The molecule has 0 atom stereocenters. The van der Waals surface area contributed by atoms with Crippen molar-refractivity contribution in [2.24, 2.45) is 0 Å². The van der Waals surface area contributed by atoms with Gasteiger partial charge in [-0.3, -0.25) is 0 Å². The van der Waals surface area contributed by atoms with Crippen molar-refractivity contribution in [2.45, 2.75) is 84.5 Å². The van der Waals surface area contributed by atoms with Gasteiger partial charge < -0.3 is 4.74 Å². The summed E-state index contributed by atoms with van der Waals surface area (Å²) in [5.41, 5.74) is 0. The Morgan fingerprint density at radius 3 is 1.94 bits per heavy atom. The van der Waals surface area contributed by atoms with Gasteiger partial charge in [-0.2, -0.15) is 0 Å². The van der Waals surface area contributed by atoms with Crippen LogP contribution in [0.15, 0.2) is 12.2 Å². The highest BCUT2D eigenvalue weighted by Gasteiger charge is 1.92. The second kappa shape index (κ2) is 16.7. The average molecular weight is 254 g/mol. The minimum Gasteiger partial charge on any atom is -0.381 e. The lowest BCUT2D eigenvalue weighted by atomic mass is 10.1. The van der Waals surface area contributed by atoms with Crippen LogP contribution in [0, 0.1) is 0 Å². The highest BCUT2D eigenvalue weighted by molar-refractivity contribution is 4.79. The Hall–Kier alpha value is -0.300. The van der Waals surface area contributed by atoms with Gasteiger partial charge in [0.1, 0.15) is 0 Å². The molecule has 108 valence electrons. The summed E-state index contributed by atoms with van der Waals surface area (Å²) in [5, 5.41) is 0.